The molecule has 0 heterocycles. The minimum Gasteiger partial charge on any atom is -0.273 e. The van der Waals surface area contributed by atoms with Crippen molar-refractivity contribution in [2.75, 3.05) is 0 Å². The Hall–Kier alpha value is -3.88. The van der Waals surface area contributed by atoms with Gasteiger partial charge in [-0.15, -0.1) is 60.1 Å². The van der Waals surface area contributed by atoms with Gasteiger partial charge in [-0.2, -0.15) is 6.08 Å². The first-order chi connectivity index (χ1) is 28.2. The first-order valence-electron chi connectivity index (χ1n) is 21.6. The molecule has 0 N–H and O–H groups in total. The molecule has 62 heavy (non-hydrogen) atoms. The van der Waals surface area contributed by atoms with Crippen LogP contribution >= 0.6 is 24.8 Å². The monoisotopic (exact) mass is 1020 g/mol. The molecule has 320 valence electrons. The van der Waals surface area contributed by atoms with Crippen molar-refractivity contribution in [3.8, 4) is 33.4 Å². The zero-order chi connectivity index (χ0) is 43.5. The third-order valence-corrected chi connectivity index (χ3v) is 13.6. The van der Waals surface area contributed by atoms with Crippen LogP contribution in [0, 0.1) is 12.1 Å². The summed E-state index contributed by atoms with van der Waals surface area (Å²) < 4.78 is 1.47. The summed E-state index contributed by atoms with van der Waals surface area (Å²) in [7, 11) is 0. The summed E-state index contributed by atoms with van der Waals surface area (Å²) in [5, 5.41) is 0. The number of hydrogen-bond donors (Lipinski definition) is 0. The Bertz CT molecular complexity index is 2300. The van der Waals surface area contributed by atoms with Gasteiger partial charge in [-0.25, -0.2) is 12.2 Å². The average molecular weight is 1020 g/mol. The van der Waals surface area contributed by atoms with Gasteiger partial charge in [-0.3, -0.25) is 6.08 Å². The van der Waals surface area contributed by atoms with E-state index in [1.807, 2.05) is 12.2 Å². The van der Waals surface area contributed by atoms with Gasteiger partial charge in [0.25, 0.3) is 0 Å². The Morgan fingerprint density at radius 3 is 1.37 bits per heavy atom. The van der Waals surface area contributed by atoms with Crippen molar-refractivity contribution in [3.05, 3.63) is 202 Å². The van der Waals surface area contributed by atoms with Gasteiger partial charge in [0.05, 0.1) is 0 Å². The first-order valence-corrected chi connectivity index (χ1v) is 23.4. The molecule has 2 aliphatic rings. The molecule has 0 spiro atoms. The van der Waals surface area contributed by atoms with Gasteiger partial charge in [-0.05, 0) is 39.5 Å². The maximum Gasteiger partial charge on any atom is -0.109 e. The molecule has 0 saturated heterocycles. The van der Waals surface area contributed by atoms with Crippen molar-refractivity contribution in [2.45, 2.75) is 118 Å². The summed E-state index contributed by atoms with van der Waals surface area (Å²) in [5.41, 5.74) is 19.5. The van der Waals surface area contributed by atoms with E-state index >= 15 is 0 Å². The van der Waals surface area contributed by atoms with Crippen LogP contribution in [0.3, 0.4) is 0 Å². The van der Waals surface area contributed by atoms with E-state index in [-0.39, 0.29) is 46.5 Å². The number of benzene rings is 6. The normalized spacial score (nSPS) is 12.7. The second kappa shape index (κ2) is 20.7. The molecule has 3 heteroatoms. The van der Waals surface area contributed by atoms with Gasteiger partial charge >= 0.3 is 150 Å². The standard InChI is InChI=1S/C33H33.C21H26.C5H5.2ClH.Hf/c1-32(2,3)30-20-26-24(18-28(30)22-13-9-7-10-14-22)17-25-19-29(23-15-11-8-12-16-23)31(21-27(25)26)33(4,5)6;1-20(2,3)18-11-7-16(8-12-18)15-17-9-13-19(14-10-17)21(4,5)6;1-2-4-5-3-1;;;/h7-16,18,20-21H,17H2,1-6H3;7-14H,1-6H3;1-3H,4H2;2*1H;/q-1;;-1;;;+2. The predicted molar refractivity (Wildman–Crippen MR) is 271 cm³/mol. The van der Waals surface area contributed by atoms with Crippen molar-refractivity contribution in [1.29, 1.82) is 0 Å². The van der Waals surface area contributed by atoms with Gasteiger partial charge in [0.2, 0.25) is 0 Å². The number of halogens is 2. The fraction of sp³-hybridized carbons (Fsp3) is 0.305. The molecule has 0 nitrogen and oxygen atoms in total. The Morgan fingerprint density at radius 1 is 0.500 bits per heavy atom. The molecule has 6 aromatic rings. The molecule has 0 amide bonds. The Labute approximate surface area is 402 Å². The smallest absolute Gasteiger partial charge is 0.109 e. The molecule has 0 aliphatic heterocycles. The van der Waals surface area contributed by atoms with Gasteiger partial charge in [0, 0.05) is 0 Å². The fourth-order valence-electron chi connectivity index (χ4n) is 7.88. The van der Waals surface area contributed by atoms with Crippen LogP contribution in [0.5, 0.6) is 0 Å². The second-order valence-corrected chi connectivity index (χ2v) is 22.2. The second-order valence-electron chi connectivity index (χ2n) is 20.4. The zero-order valence-corrected chi connectivity index (χ0v) is 44.3. The molecule has 0 radical (unpaired) electrons. The van der Waals surface area contributed by atoms with Crippen molar-refractivity contribution in [3.63, 3.8) is 0 Å². The van der Waals surface area contributed by atoms with Crippen molar-refractivity contribution >= 4 is 28.1 Å². The van der Waals surface area contributed by atoms with E-state index in [0.717, 1.165) is 36.7 Å². The summed E-state index contributed by atoms with van der Waals surface area (Å²) in [4.78, 5) is 0. The first kappa shape index (κ1) is 50.8. The van der Waals surface area contributed by atoms with E-state index in [0.29, 0.717) is 0 Å². The molecule has 0 atom stereocenters. The molecule has 2 aliphatic carbocycles. The predicted octanol–water partition coefficient (Wildman–Crippen LogP) is 16.5. The third kappa shape index (κ3) is 12.4. The number of rotatable bonds is 4. The van der Waals surface area contributed by atoms with Crippen LogP contribution in [0.1, 0.15) is 134 Å². The molecule has 0 bridgehead atoms. The van der Waals surface area contributed by atoms with Crippen LogP contribution in [0.2, 0.25) is 0 Å². The quantitative estimate of drug-likeness (QED) is 0.122. The van der Waals surface area contributed by atoms with Crippen molar-refractivity contribution in [1.82, 2.24) is 0 Å². The van der Waals surface area contributed by atoms with Crippen LogP contribution in [-0.4, -0.2) is 3.26 Å². The van der Waals surface area contributed by atoms with E-state index in [1.54, 1.807) is 0 Å². The number of hydrogen-bond acceptors (Lipinski definition) is 0. The van der Waals surface area contributed by atoms with Crippen LogP contribution in [0.25, 0.3) is 33.4 Å². The fourth-order valence-corrected chi connectivity index (χ4v) is 9.08. The van der Waals surface area contributed by atoms with E-state index in [2.05, 4.69) is 229 Å². The minimum atomic E-state index is 0. The average Bonchev–Trinajstić information content (AvgIpc) is 3.91. The van der Waals surface area contributed by atoms with Gasteiger partial charge in [-0.1, -0.05) is 131 Å². The van der Waals surface area contributed by atoms with Gasteiger partial charge in [0.15, 0.2) is 0 Å². The number of fused-ring (bicyclic) bond motifs is 3. The van der Waals surface area contributed by atoms with Crippen LogP contribution in [0.4, 0.5) is 0 Å². The Kier molecular flexibility index (Phi) is 17.0. The Balaban J connectivity index is 0.000000252. The third-order valence-electron chi connectivity index (χ3n) is 11.5. The molecular formula is C59H66Cl2Hf. The maximum atomic E-state index is 3.88. The summed E-state index contributed by atoms with van der Waals surface area (Å²) in [6.07, 6.45) is 10.9. The van der Waals surface area contributed by atoms with Crippen LogP contribution in [0.15, 0.2) is 146 Å². The molecule has 8 rings (SSSR count). The molecule has 0 aromatic heterocycles. The maximum absolute atomic E-state index is 3.88. The van der Waals surface area contributed by atoms with Crippen molar-refractivity contribution < 1.29 is 23.9 Å². The largest absolute Gasteiger partial charge is 0.273 e. The van der Waals surface area contributed by atoms with E-state index in [9.17, 15) is 0 Å². The molecule has 6 aromatic carbocycles. The molecule has 0 saturated carbocycles. The SMILES string of the molecule is CC(C)(C)c1cc2c([c-]c1-c1ccccc1)Cc1cc(-c3ccccc3)c(C(C)(C)C)cc1-2.CC(C)(C)c1ccc([C](=[Hf+2])c2ccc(C(C)(C)C)cc2)cc1.Cl.Cl.[C-]1=CC=CC1. The number of allylic oxidation sites excluding steroid dienone is 4. The molecular weight excluding hydrogens is 958 g/mol. The Morgan fingerprint density at radius 2 is 0.968 bits per heavy atom. The summed E-state index contributed by atoms with van der Waals surface area (Å²) in [6.45, 7) is 27.5. The summed E-state index contributed by atoms with van der Waals surface area (Å²) >= 11 is 1.06. The van der Waals surface area contributed by atoms with Crippen LogP contribution < -0.4 is 0 Å². The van der Waals surface area contributed by atoms with Gasteiger partial charge in [0.1, 0.15) is 0 Å². The minimum absolute atomic E-state index is 0. The summed E-state index contributed by atoms with van der Waals surface area (Å²) in [5.74, 6) is 0. The molecule has 0 unspecified atom stereocenters. The van der Waals surface area contributed by atoms with Gasteiger partial charge < -0.3 is 0 Å². The zero-order valence-electron chi connectivity index (χ0n) is 39.1. The van der Waals surface area contributed by atoms with Crippen molar-refractivity contribution in [2.24, 2.45) is 0 Å². The van der Waals surface area contributed by atoms with E-state index < -0.39 is 0 Å². The topological polar surface area (TPSA) is 0 Å². The summed E-state index contributed by atoms with van der Waals surface area (Å²) in [6, 6.07) is 51.0. The molecule has 0 fully saturated rings. The van der Waals surface area contributed by atoms with Crippen LogP contribution in [-0.2, 0) is 52.0 Å². The van der Waals surface area contributed by atoms with E-state index in [4.69, 9.17) is 0 Å². The van der Waals surface area contributed by atoms with E-state index in [1.165, 1.54) is 81.1 Å².